The maximum absolute atomic E-state index is 13.4. The topological polar surface area (TPSA) is 89.3 Å². The fraction of sp³-hybridized carbons (Fsp3) is 0.250. The normalized spacial score (nSPS) is 10.9. The quantitative estimate of drug-likeness (QED) is 0.427. The fourth-order valence-corrected chi connectivity index (χ4v) is 4.27. The lowest BCUT2D eigenvalue weighted by atomic mass is 10.1. The SMILES string of the molecule is CCN(CC(=O)Nc1cccc(OC)c1)C(=O)c1cc(C)nc2c1cnn2Cc1cccs1. The molecule has 3 heterocycles. The molecule has 33 heavy (non-hydrogen) atoms. The van der Waals surface area contributed by atoms with Crippen LogP contribution < -0.4 is 10.1 Å². The summed E-state index contributed by atoms with van der Waals surface area (Å²) in [6, 6.07) is 12.9. The zero-order chi connectivity index (χ0) is 23.4. The van der Waals surface area contributed by atoms with Crippen molar-refractivity contribution in [2.75, 3.05) is 25.5 Å². The van der Waals surface area contributed by atoms with E-state index in [0.29, 0.717) is 41.1 Å². The van der Waals surface area contributed by atoms with Crippen LogP contribution in [0.2, 0.25) is 0 Å². The van der Waals surface area contributed by atoms with Crippen LogP contribution in [-0.2, 0) is 11.3 Å². The Kier molecular flexibility index (Phi) is 6.69. The Balaban J connectivity index is 1.55. The van der Waals surface area contributed by atoms with Gasteiger partial charge in [0, 0.05) is 28.9 Å². The van der Waals surface area contributed by atoms with Crippen molar-refractivity contribution in [2.24, 2.45) is 0 Å². The molecule has 0 bridgehead atoms. The minimum Gasteiger partial charge on any atom is -0.497 e. The highest BCUT2D eigenvalue weighted by atomic mass is 32.1. The van der Waals surface area contributed by atoms with E-state index in [0.717, 1.165) is 10.6 Å². The van der Waals surface area contributed by atoms with Crippen molar-refractivity contribution in [2.45, 2.75) is 20.4 Å². The van der Waals surface area contributed by atoms with Crippen molar-refractivity contribution >= 4 is 39.9 Å². The number of anilines is 1. The lowest BCUT2D eigenvalue weighted by Gasteiger charge is -2.21. The fourth-order valence-electron chi connectivity index (χ4n) is 3.59. The van der Waals surface area contributed by atoms with Crippen molar-refractivity contribution < 1.29 is 14.3 Å². The summed E-state index contributed by atoms with van der Waals surface area (Å²) < 4.78 is 6.99. The first-order valence-electron chi connectivity index (χ1n) is 10.6. The van der Waals surface area contributed by atoms with Gasteiger partial charge in [-0.05, 0) is 43.5 Å². The van der Waals surface area contributed by atoms with Gasteiger partial charge in [0.15, 0.2) is 5.65 Å². The third kappa shape index (κ3) is 5.04. The molecule has 3 aromatic heterocycles. The molecule has 0 atom stereocenters. The van der Waals surface area contributed by atoms with E-state index in [1.807, 2.05) is 31.4 Å². The molecule has 0 saturated carbocycles. The zero-order valence-electron chi connectivity index (χ0n) is 18.7. The molecule has 170 valence electrons. The number of hydrogen-bond donors (Lipinski definition) is 1. The molecule has 2 amide bonds. The van der Waals surface area contributed by atoms with E-state index in [9.17, 15) is 9.59 Å². The molecule has 0 fully saturated rings. The van der Waals surface area contributed by atoms with E-state index < -0.39 is 0 Å². The molecule has 9 heteroatoms. The summed E-state index contributed by atoms with van der Waals surface area (Å²) in [5.41, 5.74) is 2.48. The van der Waals surface area contributed by atoms with Gasteiger partial charge in [0.2, 0.25) is 5.91 Å². The van der Waals surface area contributed by atoms with Gasteiger partial charge in [-0.1, -0.05) is 12.1 Å². The molecular formula is C24H25N5O3S. The first-order chi connectivity index (χ1) is 16.0. The molecule has 1 N–H and O–H groups in total. The second-order valence-electron chi connectivity index (χ2n) is 7.53. The number of hydrogen-bond acceptors (Lipinski definition) is 6. The number of carbonyl (C=O) groups is 2. The van der Waals surface area contributed by atoms with Gasteiger partial charge in [-0.25, -0.2) is 9.67 Å². The Morgan fingerprint density at radius 2 is 2.06 bits per heavy atom. The predicted molar refractivity (Wildman–Crippen MR) is 129 cm³/mol. The van der Waals surface area contributed by atoms with Gasteiger partial charge >= 0.3 is 0 Å². The van der Waals surface area contributed by atoms with E-state index in [2.05, 4.69) is 15.4 Å². The average molecular weight is 464 g/mol. The third-order valence-electron chi connectivity index (χ3n) is 5.21. The van der Waals surface area contributed by atoms with Crippen LogP contribution in [-0.4, -0.2) is 51.7 Å². The van der Waals surface area contributed by atoms with Crippen LogP contribution >= 0.6 is 11.3 Å². The molecule has 0 radical (unpaired) electrons. The molecule has 4 aromatic rings. The molecule has 0 unspecified atom stereocenters. The summed E-state index contributed by atoms with van der Waals surface area (Å²) in [5.74, 6) is 0.128. The van der Waals surface area contributed by atoms with Crippen molar-refractivity contribution in [3.63, 3.8) is 0 Å². The van der Waals surface area contributed by atoms with Gasteiger partial charge < -0.3 is 15.0 Å². The van der Waals surface area contributed by atoms with Gasteiger partial charge in [0.1, 0.15) is 12.3 Å². The number of nitrogens with one attached hydrogen (secondary N) is 1. The smallest absolute Gasteiger partial charge is 0.255 e. The van der Waals surface area contributed by atoms with Gasteiger partial charge in [-0.2, -0.15) is 5.10 Å². The minimum atomic E-state index is -0.283. The number of amides is 2. The highest BCUT2D eigenvalue weighted by Gasteiger charge is 2.22. The summed E-state index contributed by atoms with van der Waals surface area (Å²) in [6.45, 7) is 4.60. The number of nitrogens with zero attached hydrogens (tertiary/aromatic N) is 4. The number of pyridine rings is 1. The maximum Gasteiger partial charge on any atom is 0.255 e. The number of likely N-dealkylation sites (N-methyl/N-ethyl adjacent to an activating group) is 1. The van der Waals surface area contributed by atoms with Crippen LogP contribution in [0.15, 0.2) is 54.0 Å². The van der Waals surface area contributed by atoms with Crippen molar-refractivity contribution in [3.8, 4) is 5.75 Å². The summed E-state index contributed by atoms with van der Waals surface area (Å²) in [6.07, 6.45) is 1.67. The standard InChI is InChI=1S/C24H25N5O3S/c1-4-28(15-22(30)27-17-7-5-8-18(12-17)32-3)24(31)20-11-16(2)26-23-21(20)13-25-29(23)14-19-9-6-10-33-19/h5-13H,4,14-15H2,1-3H3,(H,27,30). The third-order valence-corrected chi connectivity index (χ3v) is 6.07. The van der Waals surface area contributed by atoms with Crippen LogP contribution in [0, 0.1) is 6.92 Å². The number of methoxy groups -OCH3 is 1. The minimum absolute atomic E-state index is 0.0707. The largest absolute Gasteiger partial charge is 0.497 e. The summed E-state index contributed by atoms with van der Waals surface area (Å²) in [5, 5.41) is 9.99. The molecule has 0 saturated heterocycles. The maximum atomic E-state index is 13.4. The molecule has 8 nitrogen and oxygen atoms in total. The number of aromatic nitrogens is 3. The van der Waals surface area contributed by atoms with E-state index >= 15 is 0 Å². The number of fused-ring (bicyclic) bond motifs is 1. The van der Waals surface area contributed by atoms with Crippen LogP contribution in [0.1, 0.15) is 27.9 Å². The summed E-state index contributed by atoms with van der Waals surface area (Å²) in [4.78, 5) is 33.4. The Hall–Kier alpha value is -3.72. The molecule has 0 aliphatic rings. The number of thiophene rings is 1. The monoisotopic (exact) mass is 463 g/mol. The Morgan fingerprint density at radius 1 is 1.21 bits per heavy atom. The number of carbonyl (C=O) groups excluding carboxylic acids is 2. The molecule has 0 spiro atoms. The van der Waals surface area contributed by atoms with Gasteiger partial charge in [0.05, 0.1) is 30.8 Å². The first kappa shape index (κ1) is 22.5. The van der Waals surface area contributed by atoms with Crippen LogP contribution in [0.3, 0.4) is 0 Å². The number of aryl methyl sites for hydroxylation is 1. The molecular weight excluding hydrogens is 438 g/mol. The van der Waals surface area contributed by atoms with E-state index in [-0.39, 0.29) is 18.4 Å². The van der Waals surface area contributed by atoms with E-state index in [4.69, 9.17) is 4.74 Å². The Labute approximate surface area is 195 Å². The predicted octanol–water partition coefficient (Wildman–Crippen LogP) is 3.96. The Bertz CT molecular complexity index is 1280. The van der Waals surface area contributed by atoms with E-state index in [1.54, 1.807) is 59.7 Å². The summed E-state index contributed by atoms with van der Waals surface area (Å²) >= 11 is 1.65. The van der Waals surface area contributed by atoms with Gasteiger partial charge in [-0.3, -0.25) is 9.59 Å². The van der Waals surface area contributed by atoms with Crippen LogP contribution in [0.5, 0.6) is 5.75 Å². The molecule has 1 aromatic carbocycles. The van der Waals surface area contributed by atoms with Gasteiger partial charge in [0.25, 0.3) is 5.91 Å². The second-order valence-corrected chi connectivity index (χ2v) is 8.56. The first-order valence-corrected chi connectivity index (χ1v) is 11.4. The number of rotatable bonds is 8. The van der Waals surface area contributed by atoms with Crippen molar-refractivity contribution in [3.05, 3.63) is 70.2 Å². The zero-order valence-corrected chi connectivity index (χ0v) is 19.6. The molecule has 0 aliphatic heterocycles. The van der Waals surface area contributed by atoms with Crippen molar-refractivity contribution in [1.29, 1.82) is 0 Å². The number of ether oxygens (including phenoxy) is 1. The summed E-state index contributed by atoms with van der Waals surface area (Å²) in [7, 11) is 1.57. The second kappa shape index (κ2) is 9.83. The Morgan fingerprint density at radius 3 is 2.79 bits per heavy atom. The van der Waals surface area contributed by atoms with E-state index in [1.165, 1.54) is 4.90 Å². The van der Waals surface area contributed by atoms with Gasteiger partial charge in [-0.15, -0.1) is 11.3 Å². The van der Waals surface area contributed by atoms with Crippen LogP contribution in [0.25, 0.3) is 11.0 Å². The van der Waals surface area contributed by atoms with Crippen LogP contribution in [0.4, 0.5) is 5.69 Å². The van der Waals surface area contributed by atoms with Crippen molar-refractivity contribution in [1.82, 2.24) is 19.7 Å². The highest BCUT2D eigenvalue weighted by molar-refractivity contribution is 7.09. The average Bonchev–Trinajstić information content (AvgIpc) is 3.47. The molecule has 4 rings (SSSR count). The molecule has 0 aliphatic carbocycles. The highest BCUT2D eigenvalue weighted by Crippen LogP contribution is 2.22. The number of benzene rings is 1. The lowest BCUT2D eigenvalue weighted by Crippen LogP contribution is -2.38. The lowest BCUT2D eigenvalue weighted by molar-refractivity contribution is -0.116.